The predicted octanol–water partition coefficient (Wildman–Crippen LogP) is 2.25. The monoisotopic (exact) mass is 355 g/mol. The molecule has 0 saturated heterocycles. The summed E-state index contributed by atoms with van der Waals surface area (Å²) in [4.78, 5) is 4.79. The average Bonchev–Trinajstić information content (AvgIpc) is 3.04. The number of tetrazole rings is 1. The van der Waals surface area contributed by atoms with E-state index in [9.17, 15) is 8.42 Å². The molecule has 0 aliphatic carbocycles. The summed E-state index contributed by atoms with van der Waals surface area (Å²) >= 11 is 2.82. The topological polar surface area (TPSA) is 90.6 Å². The van der Waals surface area contributed by atoms with Gasteiger partial charge in [-0.3, -0.25) is 0 Å². The molecule has 0 fully saturated rings. The second-order valence-corrected chi connectivity index (χ2v) is 8.93. The molecule has 3 aromatic rings. The maximum absolute atomic E-state index is 11.6. The summed E-state index contributed by atoms with van der Waals surface area (Å²) in [5.41, 5.74) is 0.773. The first-order chi connectivity index (χ1) is 10.5. The van der Waals surface area contributed by atoms with Gasteiger partial charge in [0.15, 0.2) is 14.2 Å². The molecular formula is C12H13N5O2S3. The van der Waals surface area contributed by atoms with E-state index < -0.39 is 9.84 Å². The third-order valence-corrected chi connectivity index (χ3v) is 6.05. The first kappa shape index (κ1) is 15.4. The molecule has 2 heterocycles. The molecule has 0 bridgehead atoms. The van der Waals surface area contributed by atoms with Crippen molar-refractivity contribution in [1.82, 2.24) is 25.2 Å². The maximum Gasteiger partial charge on any atom is 0.216 e. The molecule has 0 amide bonds. The molecular weight excluding hydrogens is 342 g/mol. The zero-order valence-corrected chi connectivity index (χ0v) is 14.4. The third kappa shape index (κ3) is 3.13. The maximum atomic E-state index is 11.6. The molecule has 0 atom stereocenters. The lowest BCUT2D eigenvalue weighted by Crippen LogP contribution is -2.00. The van der Waals surface area contributed by atoms with E-state index in [0.29, 0.717) is 10.1 Å². The van der Waals surface area contributed by atoms with Crippen LogP contribution < -0.4 is 0 Å². The number of benzene rings is 1. The molecule has 0 aliphatic rings. The van der Waals surface area contributed by atoms with Crippen LogP contribution in [0, 0.1) is 0 Å². The Labute approximate surface area is 135 Å². The molecule has 116 valence electrons. The largest absolute Gasteiger partial charge is 0.229 e. The van der Waals surface area contributed by atoms with E-state index in [2.05, 4.69) is 27.4 Å². The fourth-order valence-electron chi connectivity index (χ4n) is 1.86. The first-order valence-corrected chi connectivity index (χ1v) is 10.0. The molecule has 0 radical (unpaired) electrons. The summed E-state index contributed by atoms with van der Waals surface area (Å²) in [7, 11) is -3.21. The van der Waals surface area contributed by atoms with Crippen molar-refractivity contribution in [2.75, 3.05) is 6.26 Å². The molecule has 0 N–H and O–H groups in total. The van der Waals surface area contributed by atoms with Crippen LogP contribution in [0.4, 0.5) is 0 Å². The van der Waals surface area contributed by atoms with Crippen LogP contribution in [0.15, 0.2) is 32.6 Å². The lowest BCUT2D eigenvalue weighted by atomic mass is 10.3. The van der Waals surface area contributed by atoms with Crippen molar-refractivity contribution in [2.24, 2.45) is 0 Å². The fourth-order valence-corrected chi connectivity index (χ4v) is 4.59. The SMILES string of the molecule is CCCn1nnnc1Sc1nc2ccc(S(C)(=O)=O)cc2s1. The number of hydrogen-bond acceptors (Lipinski definition) is 8. The second kappa shape index (κ2) is 5.94. The molecule has 1 aromatic carbocycles. The molecule has 0 unspecified atom stereocenters. The van der Waals surface area contributed by atoms with Crippen LogP contribution in [-0.4, -0.2) is 39.9 Å². The van der Waals surface area contributed by atoms with Crippen molar-refractivity contribution in [3.05, 3.63) is 18.2 Å². The number of fused-ring (bicyclic) bond motifs is 1. The zero-order chi connectivity index (χ0) is 15.7. The van der Waals surface area contributed by atoms with Gasteiger partial charge in [0.2, 0.25) is 5.16 Å². The first-order valence-electron chi connectivity index (χ1n) is 6.52. The Hall–Kier alpha value is -1.52. The van der Waals surface area contributed by atoms with E-state index in [0.717, 1.165) is 27.5 Å². The normalized spacial score (nSPS) is 12.1. The van der Waals surface area contributed by atoms with Crippen LogP contribution in [0.5, 0.6) is 0 Å². The summed E-state index contributed by atoms with van der Waals surface area (Å²) in [6.07, 6.45) is 2.14. The van der Waals surface area contributed by atoms with E-state index in [1.54, 1.807) is 22.9 Å². The van der Waals surface area contributed by atoms with Crippen LogP contribution >= 0.6 is 23.1 Å². The Bertz CT molecular complexity index is 916. The van der Waals surface area contributed by atoms with Gasteiger partial charge in [-0.2, -0.15) is 0 Å². The average molecular weight is 355 g/mol. The van der Waals surface area contributed by atoms with E-state index in [1.165, 1.54) is 29.4 Å². The highest BCUT2D eigenvalue weighted by atomic mass is 32.2. The number of thiazole rings is 1. The number of aromatic nitrogens is 5. The van der Waals surface area contributed by atoms with Gasteiger partial charge in [-0.05, 0) is 46.8 Å². The quantitative estimate of drug-likeness (QED) is 0.693. The van der Waals surface area contributed by atoms with Crippen LogP contribution in [0.3, 0.4) is 0 Å². The van der Waals surface area contributed by atoms with Crippen molar-refractivity contribution < 1.29 is 8.42 Å². The van der Waals surface area contributed by atoms with Gasteiger partial charge in [0.25, 0.3) is 0 Å². The van der Waals surface area contributed by atoms with Gasteiger partial charge in [0.1, 0.15) is 0 Å². The fraction of sp³-hybridized carbons (Fsp3) is 0.333. The zero-order valence-electron chi connectivity index (χ0n) is 11.9. The Morgan fingerprint density at radius 2 is 2.18 bits per heavy atom. The Kier molecular flexibility index (Phi) is 4.15. The second-order valence-electron chi connectivity index (χ2n) is 4.67. The van der Waals surface area contributed by atoms with Crippen molar-refractivity contribution in [3.63, 3.8) is 0 Å². The standard InChI is InChI=1S/C12H13N5O2S3/c1-3-6-17-11(14-15-16-17)21-12-13-9-5-4-8(22(2,18)19)7-10(9)20-12/h4-5,7H,3,6H2,1-2H3. The molecule has 2 aromatic heterocycles. The van der Waals surface area contributed by atoms with Gasteiger partial charge in [0.05, 0.1) is 15.1 Å². The molecule has 0 spiro atoms. The molecule has 0 saturated carbocycles. The highest BCUT2D eigenvalue weighted by Crippen LogP contribution is 2.34. The van der Waals surface area contributed by atoms with E-state index in [-0.39, 0.29) is 0 Å². The minimum absolute atomic E-state index is 0.302. The summed E-state index contributed by atoms with van der Waals surface area (Å²) in [5, 5.41) is 12.3. The summed E-state index contributed by atoms with van der Waals surface area (Å²) in [6.45, 7) is 2.80. The van der Waals surface area contributed by atoms with Crippen LogP contribution in [0.1, 0.15) is 13.3 Å². The van der Waals surface area contributed by atoms with Gasteiger partial charge >= 0.3 is 0 Å². The molecule has 0 aliphatic heterocycles. The van der Waals surface area contributed by atoms with E-state index in [4.69, 9.17) is 0 Å². The van der Waals surface area contributed by atoms with Crippen molar-refractivity contribution in [3.8, 4) is 0 Å². The van der Waals surface area contributed by atoms with Gasteiger partial charge in [-0.15, -0.1) is 16.4 Å². The summed E-state index contributed by atoms with van der Waals surface area (Å²) < 4.78 is 26.6. The number of hydrogen-bond donors (Lipinski definition) is 0. The number of rotatable bonds is 5. The molecule has 3 rings (SSSR count). The van der Waals surface area contributed by atoms with Crippen molar-refractivity contribution >= 4 is 43.2 Å². The van der Waals surface area contributed by atoms with Crippen LogP contribution in [-0.2, 0) is 16.4 Å². The minimum Gasteiger partial charge on any atom is -0.229 e. The summed E-state index contributed by atoms with van der Waals surface area (Å²) in [5.74, 6) is 0. The van der Waals surface area contributed by atoms with E-state index in [1.807, 2.05) is 0 Å². The molecule has 10 heteroatoms. The smallest absolute Gasteiger partial charge is 0.216 e. The van der Waals surface area contributed by atoms with Crippen molar-refractivity contribution in [1.29, 1.82) is 0 Å². The Balaban J connectivity index is 1.93. The predicted molar refractivity (Wildman–Crippen MR) is 85.0 cm³/mol. The van der Waals surface area contributed by atoms with Gasteiger partial charge in [-0.1, -0.05) is 6.92 Å². The lowest BCUT2D eigenvalue weighted by Gasteiger charge is -1.98. The van der Waals surface area contributed by atoms with Gasteiger partial charge in [-0.25, -0.2) is 18.1 Å². The van der Waals surface area contributed by atoms with E-state index >= 15 is 0 Å². The number of sulfone groups is 1. The Morgan fingerprint density at radius 1 is 1.36 bits per heavy atom. The van der Waals surface area contributed by atoms with Gasteiger partial charge < -0.3 is 0 Å². The highest BCUT2D eigenvalue weighted by molar-refractivity contribution is 8.01. The van der Waals surface area contributed by atoms with Gasteiger partial charge in [0, 0.05) is 12.8 Å². The van der Waals surface area contributed by atoms with Crippen LogP contribution in [0.2, 0.25) is 0 Å². The Morgan fingerprint density at radius 3 is 2.91 bits per heavy atom. The van der Waals surface area contributed by atoms with Crippen molar-refractivity contribution in [2.45, 2.75) is 34.3 Å². The number of aryl methyl sites for hydroxylation is 1. The summed E-state index contributed by atoms with van der Waals surface area (Å²) in [6, 6.07) is 4.95. The third-order valence-electron chi connectivity index (χ3n) is 2.88. The number of nitrogens with zero attached hydrogens (tertiary/aromatic N) is 5. The van der Waals surface area contributed by atoms with Crippen LogP contribution in [0.25, 0.3) is 10.2 Å². The highest BCUT2D eigenvalue weighted by Gasteiger charge is 2.14. The molecule has 22 heavy (non-hydrogen) atoms. The lowest BCUT2D eigenvalue weighted by molar-refractivity contribution is 0.539. The minimum atomic E-state index is -3.21. The molecule has 7 nitrogen and oxygen atoms in total.